The molecule has 132 valence electrons. The first-order chi connectivity index (χ1) is 12.5. The highest BCUT2D eigenvalue weighted by Crippen LogP contribution is 2.24. The maximum Gasteiger partial charge on any atom is 0.268 e. The average Bonchev–Trinajstić information content (AvgIpc) is 3.09. The molecule has 0 fully saturated rings. The highest BCUT2D eigenvalue weighted by molar-refractivity contribution is 7.17. The van der Waals surface area contributed by atoms with Gasteiger partial charge >= 0.3 is 0 Å². The van der Waals surface area contributed by atoms with Crippen LogP contribution in [0.4, 0.5) is 5.69 Å². The summed E-state index contributed by atoms with van der Waals surface area (Å²) >= 11 is 1.34. The Kier molecular flexibility index (Phi) is 4.04. The number of H-pyrrole nitrogens is 1. The van der Waals surface area contributed by atoms with Gasteiger partial charge in [-0.3, -0.25) is 14.4 Å². The van der Waals surface area contributed by atoms with Gasteiger partial charge in [0.1, 0.15) is 10.5 Å². The Balaban J connectivity index is 1.55. The zero-order chi connectivity index (χ0) is 18.3. The number of nitrogens with zero attached hydrogens (tertiary/aromatic N) is 2. The van der Waals surface area contributed by atoms with E-state index in [-0.39, 0.29) is 23.9 Å². The number of amides is 2. The molecule has 0 unspecified atom stereocenters. The fourth-order valence-corrected chi connectivity index (χ4v) is 3.76. The molecule has 0 aliphatic carbocycles. The molecular weight excluding hydrogens is 352 g/mol. The number of aromatic nitrogens is 2. The smallest absolute Gasteiger partial charge is 0.268 e. The number of anilines is 1. The van der Waals surface area contributed by atoms with Gasteiger partial charge in [-0.15, -0.1) is 11.3 Å². The van der Waals surface area contributed by atoms with Gasteiger partial charge in [0.2, 0.25) is 5.91 Å². The van der Waals surface area contributed by atoms with Crippen molar-refractivity contribution in [3.05, 3.63) is 57.0 Å². The number of nitrogens with one attached hydrogen (secondary N) is 2. The number of aromatic amines is 1. The fraction of sp³-hybridized carbons (Fsp3) is 0.222. The summed E-state index contributed by atoms with van der Waals surface area (Å²) in [7, 11) is 1.67. The summed E-state index contributed by atoms with van der Waals surface area (Å²) in [5, 5.41) is 4.62. The summed E-state index contributed by atoms with van der Waals surface area (Å²) in [5.41, 5.74) is 2.70. The Morgan fingerprint density at radius 2 is 2.12 bits per heavy atom. The van der Waals surface area contributed by atoms with Crippen LogP contribution in [0.5, 0.6) is 0 Å². The molecular formula is C18H16N4O3S. The van der Waals surface area contributed by atoms with Crippen molar-refractivity contribution >= 4 is 39.1 Å². The van der Waals surface area contributed by atoms with Crippen LogP contribution in [0.25, 0.3) is 10.2 Å². The molecule has 1 aromatic carbocycles. The predicted molar refractivity (Wildman–Crippen MR) is 99.4 cm³/mol. The molecule has 0 bridgehead atoms. The normalized spacial score (nSPS) is 13.3. The molecule has 0 saturated heterocycles. The van der Waals surface area contributed by atoms with E-state index in [0.717, 1.165) is 11.3 Å². The van der Waals surface area contributed by atoms with Crippen LogP contribution < -0.4 is 10.9 Å². The monoisotopic (exact) mass is 368 g/mol. The first-order valence-corrected chi connectivity index (χ1v) is 9.04. The first kappa shape index (κ1) is 16.5. The van der Waals surface area contributed by atoms with E-state index in [1.807, 2.05) is 11.4 Å². The van der Waals surface area contributed by atoms with Crippen molar-refractivity contribution in [1.82, 2.24) is 14.9 Å². The summed E-state index contributed by atoms with van der Waals surface area (Å²) in [6.07, 6.45) is 1.04. The Labute approximate surface area is 152 Å². The molecule has 0 radical (unpaired) electrons. The SMILES string of the molecule is CN(Cc1nc2ccsc2c(=O)[nH]1)C(=O)c1ccc2c(c1)CCC(=O)N2. The Bertz CT molecular complexity index is 1090. The van der Waals surface area contributed by atoms with Gasteiger partial charge in [-0.25, -0.2) is 4.98 Å². The molecule has 7 nitrogen and oxygen atoms in total. The zero-order valence-corrected chi connectivity index (χ0v) is 14.9. The van der Waals surface area contributed by atoms with Gasteiger partial charge in [-0.2, -0.15) is 0 Å². The average molecular weight is 368 g/mol. The number of hydrogen-bond donors (Lipinski definition) is 2. The van der Waals surface area contributed by atoms with E-state index in [1.165, 1.54) is 16.2 Å². The lowest BCUT2D eigenvalue weighted by molar-refractivity contribution is -0.116. The van der Waals surface area contributed by atoms with E-state index in [9.17, 15) is 14.4 Å². The summed E-state index contributed by atoms with van der Waals surface area (Å²) in [6, 6.07) is 7.05. The standard InChI is InChI=1S/C18H16N4O3S/c1-22(9-14-19-13-6-7-26-16(13)17(24)21-14)18(25)11-2-4-12-10(8-11)3-5-15(23)20-12/h2,4,6-8H,3,5,9H2,1H3,(H,20,23)(H,19,21,24). The Hall–Kier alpha value is -3.00. The molecule has 0 spiro atoms. The number of carbonyl (C=O) groups excluding carboxylic acids is 2. The van der Waals surface area contributed by atoms with Gasteiger partial charge in [-0.05, 0) is 41.6 Å². The second-order valence-electron chi connectivity index (χ2n) is 6.23. The van der Waals surface area contributed by atoms with Crippen molar-refractivity contribution in [2.75, 3.05) is 12.4 Å². The number of hydrogen-bond acceptors (Lipinski definition) is 5. The van der Waals surface area contributed by atoms with Crippen molar-refractivity contribution < 1.29 is 9.59 Å². The molecule has 2 N–H and O–H groups in total. The van der Waals surface area contributed by atoms with Gasteiger partial charge in [0, 0.05) is 24.7 Å². The molecule has 4 rings (SSSR count). The highest BCUT2D eigenvalue weighted by atomic mass is 32.1. The number of aryl methyl sites for hydroxylation is 1. The molecule has 3 heterocycles. The minimum Gasteiger partial charge on any atom is -0.334 e. The predicted octanol–water partition coefficient (Wildman–Crippen LogP) is 2.14. The largest absolute Gasteiger partial charge is 0.334 e. The number of benzene rings is 1. The minimum absolute atomic E-state index is 0.00690. The Morgan fingerprint density at radius 1 is 1.27 bits per heavy atom. The molecule has 0 atom stereocenters. The number of rotatable bonds is 3. The van der Waals surface area contributed by atoms with Crippen LogP contribution in [-0.2, 0) is 17.8 Å². The van der Waals surface area contributed by atoms with E-state index in [2.05, 4.69) is 15.3 Å². The molecule has 1 aliphatic heterocycles. The van der Waals surface area contributed by atoms with Crippen molar-refractivity contribution in [3.8, 4) is 0 Å². The summed E-state index contributed by atoms with van der Waals surface area (Å²) in [5.74, 6) is 0.271. The summed E-state index contributed by atoms with van der Waals surface area (Å²) < 4.78 is 0.583. The van der Waals surface area contributed by atoms with Gasteiger partial charge in [0.15, 0.2) is 0 Å². The molecule has 1 aliphatic rings. The molecule has 0 saturated carbocycles. The third-order valence-corrected chi connectivity index (χ3v) is 5.25. The topological polar surface area (TPSA) is 95.2 Å². The molecule has 26 heavy (non-hydrogen) atoms. The van der Waals surface area contributed by atoms with Crippen molar-refractivity contribution in [2.24, 2.45) is 0 Å². The van der Waals surface area contributed by atoms with Crippen molar-refractivity contribution in [3.63, 3.8) is 0 Å². The fourth-order valence-electron chi connectivity index (χ4n) is 3.03. The summed E-state index contributed by atoms with van der Waals surface area (Å²) in [6.45, 7) is 0.202. The van der Waals surface area contributed by atoms with Crippen LogP contribution in [0, 0.1) is 0 Å². The molecule has 3 aromatic rings. The van der Waals surface area contributed by atoms with Crippen LogP contribution in [0.1, 0.15) is 28.2 Å². The third-order valence-electron chi connectivity index (χ3n) is 4.35. The van der Waals surface area contributed by atoms with Crippen molar-refractivity contribution in [1.29, 1.82) is 0 Å². The van der Waals surface area contributed by atoms with Crippen LogP contribution in [0.15, 0.2) is 34.4 Å². The molecule has 2 aromatic heterocycles. The lowest BCUT2D eigenvalue weighted by Crippen LogP contribution is -2.28. The quantitative estimate of drug-likeness (QED) is 0.740. The minimum atomic E-state index is -0.189. The van der Waals surface area contributed by atoms with Gasteiger partial charge in [0.25, 0.3) is 11.5 Å². The van der Waals surface area contributed by atoms with Crippen LogP contribution >= 0.6 is 11.3 Å². The number of fused-ring (bicyclic) bond motifs is 2. The second-order valence-corrected chi connectivity index (χ2v) is 7.15. The van der Waals surface area contributed by atoms with E-state index < -0.39 is 0 Å². The maximum atomic E-state index is 12.7. The molecule has 8 heteroatoms. The van der Waals surface area contributed by atoms with Gasteiger partial charge in [-0.1, -0.05) is 0 Å². The first-order valence-electron chi connectivity index (χ1n) is 8.16. The van der Waals surface area contributed by atoms with E-state index >= 15 is 0 Å². The number of thiophene rings is 1. The highest BCUT2D eigenvalue weighted by Gasteiger charge is 2.19. The zero-order valence-electron chi connectivity index (χ0n) is 14.0. The van der Waals surface area contributed by atoms with Crippen LogP contribution in [-0.4, -0.2) is 33.7 Å². The van der Waals surface area contributed by atoms with Gasteiger partial charge in [0.05, 0.1) is 12.1 Å². The van der Waals surface area contributed by atoms with Crippen molar-refractivity contribution in [2.45, 2.75) is 19.4 Å². The van der Waals surface area contributed by atoms with Crippen LogP contribution in [0.2, 0.25) is 0 Å². The maximum absolute atomic E-state index is 12.7. The second kappa shape index (κ2) is 6.38. The van der Waals surface area contributed by atoms with E-state index in [1.54, 1.807) is 25.2 Å². The lowest BCUT2D eigenvalue weighted by Gasteiger charge is -2.20. The number of carbonyl (C=O) groups is 2. The van der Waals surface area contributed by atoms with E-state index in [4.69, 9.17) is 0 Å². The Morgan fingerprint density at radius 3 is 2.96 bits per heavy atom. The van der Waals surface area contributed by atoms with Crippen LogP contribution in [0.3, 0.4) is 0 Å². The van der Waals surface area contributed by atoms with Gasteiger partial charge < -0.3 is 15.2 Å². The molecule has 2 amide bonds. The third kappa shape index (κ3) is 2.99. The lowest BCUT2D eigenvalue weighted by atomic mass is 10.00. The summed E-state index contributed by atoms with van der Waals surface area (Å²) in [4.78, 5) is 44.8. The van der Waals surface area contributed by atoms with E-state index in [0.29, 0.717) is 34.4 Å².